The van der Waals surface area contributed by atoms with E-state index < -0.39 is 0 Å². The monoisotopic (exact) mass is 194 g/mol. The molecule has 1 fully saturated rings. The van der Waals surface area contributed by atoms with Gasteiger partial charge in [-0.1, -0.05) is 0 Å². The molecule has 1 aromatic heterocycles. The molecule has 1 aromatic rings. The van der Waals surface area contributed by atoms with Crippen molar-refractivity contribution in [3.8, 4) is 0 Å². The van der Waals surface area contributed by atoms with Gasteiger partial charge in [0.2, 0.25) is 0 Å². The zero-order chi connectivity index (χ0) is 10.3. The molecule has 1 saturated carbocycles. The van der Waals surface area contributed by atoms with E-state index in [1.54, 1.807) is 0 Å². The molecule has 1 aliphatic rings. The van der Waals surface area contributed by atoms with E-state index in [2.05, 4.69) is 28.6 Å². The molecule has 0 bridgehead atoms. The number of hydrogen-bond acceptors (Lipinski definition) is 3. The Morgan fingerprint density at radius 3 is 2.50 bits per heavy atom. The first kappa shape index (κ1) is 9.65. The standard InChI is InChI=1S/C10H18N4/c1-6(2)14-7(3)12-13-10(14)9(11)8-4-5-8/h6,8-9H,4-5,11H2,1-3H3. The number of rotatable bonds is 3. The van der Waals surface area contributed by atoms with Gasteiger partial charge in [-0.05, 0) is 39.5 Å². The van der Waals surface area contributed by atoms with Gasteiger partial charge >= 0.3 is 0 Å². The molecule has 1 atom stereocenters. The van der Waals surface area contributed by atoms with Crippen molar-refractivity contribution < 1.29 is 0 Å². The van der Waals surface area contributed by atoms with Crippen molar-refractivity contribution in [3.63, 3.8) is 0 Å². The molecule has 0 amide bonds. The van der Waals surface area contributed by atoms with Gasteiger partial charge in [0.1, 0.15) is 5.82 Å². The highest BCUT2D eigenvalue weighted by Gasteiger charge is 2.33. The minimum Gasteiger partial charge on any atom is -0.321 e. The smallest absolute Gasteiger partial charge is 0.150 e. The molecule has 4 heteroatoms. The van der Waals surface area contributed by atoms with Crippen LogP contribution in [0.1, 0.15) is 50.4 Å². The number of hydrogen-bond donors (Lipinski definition) is 1. The van der Waals surface area contributed by atoms with Crippen molar-refractivity contribution in [2.75, 3.05) is 0 Å². The summed E-state index contributed by atoms with van der Waals surface area (Å²) >= 11 is 0. The number of nitrogens with zero attached hydrogens (tertiary/aromatic N) is 3. The summed E-state index contributed by atoms with van der Waals surface area (Å²) in [5, 5.41) is 8.29. The van der Waals surface area contributed by atoms with E-state index in [-0.39, 0.29) is 6.04 Å². The van der Waals surface area contributed by atoms with E-state index in [9.17, 15) is 0 Å². The fourth-order valence-corrected chi connectivity index (χ4v) is 1.92. The number of aromatic nitrogens is 3. The predicted octanol–water partition coefficient (Wildman–Crippen LogP) is 1.58. The molecule has 0 radical (unpaired) electrons. The second-order valence-electron chi connectivity index (χ2n) is 4.43. The highest BCUT2D eigenvalue weighted by molar-refractivity contribution is 5.05. The maximum Gasteiger partial charge on any atom is 0.150 e. The van der Waals surface area contributed by atoms with Gasteiger partial charge in [0.25, 0.3) is 0 Å². The van der Waals surface area contributed by atoms with Crippen LogP contribution in [0.25, 0.3) is 0 Å². The lowest BCUT2D eigenvalue weighted by Crippen LogP contribution is -2.20. The summed E-state index contributed by atoms with van der Waals surface area (Å²) in [4.78, 5) is 0. The third-order valence-corrected chi connectivity index (χ3v) is 2.84. The van der Waals surface area contributed by atoms with Crippen LogP contribution in [0.4, 0.5) is 0 Å². The molecule has 2 rings (SSSR count). The average Bonchev–Trinajstić information content (AvgIpc) is 2.88. The molecule has 0 spiro atoms. The second kappa shape index (κ2) is 3.35. The van der Waals surface area contributed by atoms with Crippen molar-refractivity contribution in [2.45, 2.75) is 45.7 Å². The van der Waals surface area contributed by atoms with Crippen LogP contribution in [0.2, 0.25) is 0 Å². The lowest BCUT2D eigenvalue weighted by atomic mass is 10.2. The first-order valence-corrected chi connectivity index (χ1v) is 5.28. The summed E-state index contributed by atoms with van der Waals surface area (Å²) in [6.07, 6.45) is 2.48. The third-order valence-electron chi connectivity index (χ3n) is 2.84. The first-order valence-electron chi connectivity index (χ1n) is 5.28. The molecule has 4 nitrogen and oxygen atoms in total. The maximum absolute atomic E-state index is 6.13. The van der Waals surface area contributed by atoms with Crippen molar-refractivity contribution >= 4 is 0 Å². The summed E-state index contributed by atoms with van der Waals surface area (Å²) in [6, 6.07) is 0.475. The van der Waals surface area contributed by atoms with Gasteiger partial charge < -0.3 is 10.3 Å². The van der Waals surface area contributed by atoms with Crippen LogP contribution in [0.5, 0.6) is 0 Å². The van der Waals surface area contributed by atoms with E-state index in [1.807, 2.05) is 6.92 Å². The van der Waals surface area contributed by atoms with Crippen molar-refractivity contribution in [1.29, 1.82) is 0 Å². The van der Waals surface area contributed by atoms with Gasteiger partial charge in [-0.2, -0.15) is 0 Å². The largest absolute Gasteiger partial charge is 0.321 e. The van der Waals surface area contributed by atoms with E-state index >= 15 is 0 Å². The molecular weight excluding hydrogens is 176 g/mol. The van der Waals surface area contributed by atoms with E-state index in [0.717, 1.165) is 11.6 Å². The van der Waals surface area contributed by atoms with Crippen LogP contribution in [0.15, 0.2) is 0 Å². The lowest BCUT2D eigenvalue weighted by Gasteiger charge is -2.16. The van der Waals surface area contributed by atoms with Gasteiger partial charge in [-0.3, -0.25) is 0 Å². The molecule has 2 N–H and O–H groups in total. The Bertz CT molecular complexity index is 325. The molecule has 0 saturated heterocycles. The van der Waals surface area contributed by atoms with Crippen molar-refractivity contribution in [2.24, 2.45) is 11.7 Å². The minimum absolute atomic E-state index is 0.0820. The van der Waals surface area contributed by atoms with E-state index in [1.165, 1.54) is 12.8 Å². The Kier molecular flexibility index (Phi) is 2.31. The quantitative estimate of drug-likeness (QED) is 0.794. The van der Waals surface area contributed by atoms with Crippen LogP contribution in [0.3, 0.4) is 0 Å². The molecule has 1 heterocycles. The van der Waals surface area contributed by atoms with Gasteiger partial charge in [0.05, 0.1) is 6.04 Å². The Morgan fingerprint density at radius 2 is 2.00 bits per heavy atom. The Balaban J connectivity index is 2.31. The molecular formula is C10H18N4. The average molecular weight is 194 g/mol. The van der Waals surface area contributed by atoms with Crippen molar-refractivity contribution in [1.82, 2.24) is 14.8 Å². The molecule has 14 heavy (non-hydrogen) atoms. The van der Waals surface area contributed by atoms with Gasteiger partial charge in [-0.25, -0.2) is 0 Å². The minimum atomic E-state index is 0.0820. The molecule has 0 aromatic carbocycles. The Labute approximate surface area is 84.5 Å². The third kappa shape index (κ3) is 1.54. The summed E-state index contributed by atoms with van der Waals surface area (Å²) in [6.45, 7) is 6.26. The zero-order valence-corrected chi connectivity index (χ0v) is 9.07. The van der Waals surface area contributed by atoms with Crippen molar-refractivity contribution in [3.05, 3.63) is 11.6 Å². The van der Waals surface area contributed by atoms with E-state index in [4.69, 9.17) is 5.73 Å². The van der Waals surface area contributed by atoms with Crippen LogP contribution < -0.4 is 5.73 Å². The van der Waals surface area contributed by atoms with Crippen LogP contribution in [-0.4, -0.2) is 14.8 Å². The van der Waals surface area contributed by atoms with Gasteiger partial charge in [0.15, 0.2) is 5.82 Å². The second-order valence-corrected chi connectivity index (χ2v) is 4.43. The highest BCUT2D eigenvalue weighted by atomic mass is 15.3. The number of aryl methyl sites for hydroxylation is 1. The van der Waals surface area contributed by atoms with Crippen LogP contribution in [0, 0.1) is 12.8 Å². The topological polar surface area (TPSA) is 56.7 Å². The SMILES string of the molecule is Cc1nnc(C(N)C2CC2)n1C(C)C. The maximum atomic E-state index is 6.13. The fourth-order valence-electron chi connectivity index (χ4n) is 1.92. The molecule has 1 unspecified atom stereocenters. The summed E-state index contributed by atoms with van der Waals surface area (Å²) in [7, 11) is 0. The molecule has 0 aliphatic heterocycles. The highest BCUT2D eigenvalue weighted by Crippen LogP contribution is 2.39. The zero-order valence-electron chi connectivity index (χ0n) is 9.07. The Morgan fingerprint density at radius 1 is 1.36 bits per heavy atom. The normalized spacial score (nSPS) is 18.9. The van der Waals surface area contributed by atoms with E-state index in [0.29, 0.717) is 12.0 Å². The number of nitrogens with two attached hydrogens (primary N) is 1. The predicted molar refractivity (Wildman–Crippen MR) is 54.8 cm³/mol. The lowest BCUT2D eigenvalue weighted by molar-refractivity contribution is 0.496. The summed E-state index contributed by atoms with van der Waals surface area (Å²) in [5.74, 6) is 2.56. The molecule has 1 aliphatic carbocycles. The first-order chi connectivity index (χ1) is 6.61. The summed E-state index contributed by atoms with van der Waals surface area (Å²) < 4.78 is 2.14. The van der Waals surface area contributed by atoms with Crippen LogP contribution >= 0.6 is 0 Å². The van der Waals surface area contributed by atoms with Gasteiger partial charge in [-0.15, -0.1) is 10.2 Å². The van der Waals surface area contributed by atoms with Gasteiger partial charge in [0, 0.05) is 6.04 Å². The summed E-state index contributed by atoms with van der Waals surface area (Å²) in [5.41, 5.74) is 6.13. The van der Waals surface area contributed by atoms with Crippen LogP contribution in [-0.2, 0) is 0 Å². The Hall–Kier alpha value is -0.900. The molecule has 78 valence electrons. The fraction of sp³-hybridized carbons (Fsp3) is 0.800.